The van der Waals surface area contributed by atoms with Crippen molar-refractivity contribution in [3.05, 3.63) is 169 Å². The van der Waals surface area contributed by atoms with Gasteiger partial charge in [0, 0.05) is 51.1 Å². The van der Waals surface area contributed by atoms with Crippen LogP contribution < -0.4 is 16.0 Å². The maximum absolute atomic E-state index is 6.33. The van der Waals surface area contributed by atoms with Crippen LogP contribution in [0.15, 0.2) is 164 Å². The first-order valence-electron chi connectivity index (χ1n) is 15.3. The molecule has 0 fully saturated rings. The fourth-order valence-electron chi connectivity index (χ4n) is 6.46. The van der Waals surface area contributed by atoms with Gasteiger partial charge in [0.25, 0.3) is 0 Å². The predicted molar refractivity (Wildman–Crippen MR) is 191 cm³/mol. The SMILES string of the molecule is NCc1cc2c(cc1Nc1ccccc1)c1ccccc1n2-c1ccc(N(c2ccccc2)c2cccc3ccccc23)cc1. The molecule has 0 aliphatic rings. The average Bonchev–Trinajstić information content (AvgIpc) is 3.42. The lowest BCUT2D eigenvalue weighted by molar-refractivity contribution is 1.07. The van der Waals surface area contributed by atoms with Gasteiger partial charge in [-0.25, -0.2) is 0 Å². The van der Waals surface area contributed by atoms with E-state index in [-0.39, 0.29) is 0 Å². The highest BCUT2D eigenvalue weighted by Crippen LogP contribution is 2.40. The fraction of sp³-hybridized carbons (Fsp3) is 0.0244. The minimum atomic E-state index is 0.433. The topological polar surface area (TPSA) is 46.2 Å². The minimum absolute atomic E-state index is 0.433. The Morgan fingerprint density at radius 2 is 1.18 bits per heavy atom. The molecule has 4 heteroatoms. The van der Waals surface area contributed by atoms with Gasteiger partial charge >= 0.3 is 0 Å². The van der Waals surface area contributed by atoms with Crippen molar-refractivity contribution >= 4 is 61.0 Å². The summed E-state index contributed by atoms with van der Waals surface area (Å²) >= 11 is 0. The van der Waals surface area contributed by atoms with E-state index < -0.39 is 0 Å². The third-order valence-corrected chi connectivity index (χ3v) is 8.56. The summed E-state index contributed by atoms with van der Waals surface area (Å²) < 4.78 is 2.35. The minimum Gasteiger partial charge on any atom is -0.355 e. The Morgan fingerprint density at radius 3 is 1.96 bits per heavy atom. The number of fused-ring (bicyclic) bond motifs is 4. The highest BCUT2D eigenvalue weighted by molar-refractivity contribution is 6.11. The molecule has 1 aromatic heterocycles. The van der Waals surface area contributed by atoms with E-state index in [1.807, 2.05) is 18.2 Å². The largest absolute Gasteiger partial charge is 0.355 e. The zero-order chi connectivity index (χ0) is 30.2. The van der Waals surface area contributed by atoms with E-state index >= 15 is 0 Å². The monoisotopic (exact) mass is 580 g/mol. The molecule has 4 nitrogen and oxygen atoms in total. The highest BCUT2D eigenvalue weighted by atomic mass is 15.1. The van der Waals surface area contributed by atoms with Crippen LogP contribution in [-0.2, 0) is 6.54 Å². The molecule has 0 radical (unpaired) electrons. The molecule has 1 heterocycles. The van der Waals surface area contributed by atoms with Gasteiger partial charge in [0.1, 0.15) is 0 Å². The Morgan fingerprint density at radius 1 is 0.533 bits per heavy atom. The number of nitrogens with zero attached hydrogens (tertiary/aromatic N) is 2. The van der Waals surface area contributed by atoms with Crippen LogP contribution in [0.25, 0.3) is 38.3 Å². The predicted octanol–water partition coefficient (Wildman–Crippen LogP) is 10.6. The standard InChI is InChI=1S/C41H32N4/c42-28-30-26-41-37(27-38(30)43-31-14-3-1-4-15-31)36-19-9-10-20-40(36)45(41)34-24-22-33(23-25-34)44(32-16-5-2-6-17-32)39-21-11-13-29-12-7-8-18-35(29)39/h1-27,43H,28,42H2. The summed E-state index contributed by atoms with van der Waals surface area (Å²) in [7, 11) is 0. The molecule has 0 atom stereocenters. The highest BCUT2D eigenvalue weighted by Gasteiger charge is 2.18. The molecule has 7 aromatic carbocycles. The zero-order valence-electron chi connectivity index (χ0n) is 24.8. The first-order chi connectivity index (χ1) is 22.3. The second-order valence-electron chi connectivity index (χ2n) is 11.3. The van der Waals surface area contributed by atoms with Crippen LogP contribution in [0.2, 0.25) is 0 Å². The van der Waals surface area contributed by atoms with Crippen LogP contribution in [0.4, 0.5) is 28.4 Å². The summed E-state index contributed by atoms with van der Waals surface area (Å²) in [5.74, 6) is 0. The third-order valence-electron chi connectivity index (χ3n) is 8.56. The van der Waals surface area contributed by atoms with E-state index in [1.165, 1.54) is 21.5 Å². The van der Waals surface area contributed by atoms with Gasteiger partial charge in [-0.3, -0.25) is 0 Å². The van der Waals surface area contributed by atoms with Gasteiger partial charge in [-0.15, -0.1) is 0 Å². The van der Waals surface area contributed by atoms with Crippen LogP contribution in [0.1, 0.15) is 5.56 Å². The molecule has 0 saturated carbocycles. The second-order valence-corrected chi connectivity index (χ2v) is 11.3. The van der Waals surface area contributed by atoms with E-state index in [0.29, 0.717) is 6.54 Å². The van der Waals surface area contributed by atoms with E-state index in [4.69, 9.17) is 5.73 Å². The van der Waals surface area contributed by atoms with E-state index in [2.05, 4.69) is 160 Å². The lowest BCUT2D eigenvalue weighted by Gasteiger charge is -2.27. The van der Waals surface area contributed by atoms with Crippen molar-refractivity contribution in [1.29, 1.82) is 0 Å². The van der Waals surface area contributed by atoms with Gasteiger partial charge in [0.2, 0.25) is 0 Å². The molecule has 0 unspecified atom stereocenters. The molecule has 0 amide bonds. The molecule has 0 aliphatic carbocycles. The molecule has 0 spiro atoms. The van der Waals surface area contributed by atoms with Crippen LogP contribution in [0, 0.1) is 0 Å². The maximum atomic E-state index is 6.33. The average molecular weight is 581 g/mol. The number of hydrogen-bond donors (Lipinski definition) is 2. The fourth-order valence-corrected chi connectivity index (χ4v) is 6.46. The first-order valence-corrected chi connectivity index (χ1v) is 15.3. The number of anilines is 5. The zero-order valence-corrected chi connectivity index (χ0v) is 24.8. The van der Waals surface area contributed by atoms with Crippen molar-refractivity contribution in [3.63, 3.8) is 0 Å². The Hall–Kier alpha value is -5.84. The first kappa shape index (κ1) is 26.8. The Bertz CT molecular complexity index is 2260. The van der Waals surface area contributed by atoms with Gasteiger partial charge in [0.15, 0.2) is 0 Å². The molecule has 216 valence electrons. The van der Waals surface area contributed by atoms with Crippen LogP contribution in [0.3, 0.4) is 0 Å². The summed E-state index contributed by atoms with van der Waals surface area (Å²) in [6.07, 6.45) is 0. The molecular formula is C41H32N4. The molecule has 0 bridgehead atoms. The summed E-state index contributed by atoms with van der Waals surface area (Å²) in [5, 5.41) is 8.42. The van der Waals surface area contributed by atoms with Gasteiger partial charge in [0.05, 0.1) is 16.7 Å². The third kappa shape index (κ3) is 4.78. The van der Waals surface area contributed by atoms with Crippen molar-refractivity contribution in [2.24, 2.45) is 5.73 Å². The van der Waals surface area contributed by atoms with Crippen molar-refractivity contribution in [1.82, 2.24) is 4.57 Å². The smallest absolute Gasteiger partial charge is 0.0545 e. The number of para-hydroxylation sites is 3. The summed E-state index contributed by atoms with van der Waals surface area (Å²) in [4.78, 5) is 2.34. The van der Waals surface area contributed by atoms with Crippen molar-refractivity contribution < 1.29 is 0 Å². The van der Waals surface area contributed by atoms with Gasteiger partial charge in [-0.2, -0.15) is 0 Å². The van der Waals surface area contributed by atoms with Gasteiger partial charge in [-0.05, 0) is 83.7 Å². The number of aromatic nitrogens is 1. The van der Waals surface area contributed by atoms with Gasteiger partial charge in [-0.1, -0.05) is 91.0 Å². The molecule has 45 heavy (non-hydrogen) atoms. The number of rotatable bonds is 7. The van der Waals surface area contributed by atoms with E-state index in [9.17, 15) is 0 Å². The molecule has 8 aromatic rings. The summed E-state index contributed by atoms with van der Waals surface area (Å²) in [6, 6.07) is 57.9. The lowest BCUT2D eigenvalue weighted by Crippen LogP contribution is -2.10. The molecule has 3 N–H and O–H groups in total. The Labute approximate surface area is 262 Å². The number of nitrogens with two attached hydrogens (primary N) is 1. The van der Waals surface area contributed by atoms with Crippen molar-refractivity contribution in [3.8, 4) is 5.69 Å². The quantitative estimate of drug-likeness (QED) is 0.197. The lowest BCUT2D eigenvalue weighted by atomic mass is 10.1. The summed E-state index contributed by atoms with van der Waals surface area (Å²) in [5.41, 5.74) is 16.2. The molecule has 0 saturated heterocycles. The van der Waals surface area contributed by atoms with Gasteiger partial charge < -0.3 is 20.5 Å². The normalized spacial score (nSPS) is 11.3. The van der Waals surface area contributed by atoms with Crippen LogP contribution in [-0.4, -0.2) is 4.57 Å². The maximum Gasteiger partial charge on any atom is 0.0545 e. The Kier molecular flexibility index (Phi) is 6.75. The van der Waals surface area contributed by atoms with E-state index in [1.54, 1.807) is 0 Å². The number of hydrogen-bond acceptors (Lipinski definition) is 3. The second kappa shape index (κ2) is 11.3. The number of nitrogens with one attached hydrogen (secondary N) is 1. The van der Waals surface area contributed by atoms with Crippen molar-refractivity contribution in [2.75, 3.05) is 10.2 Å². The molecular weight excluding hydrogens is 548 g/mol. The molecule has 8 rings (SSSR count). The Balaban J connectivity index is 1.27. The van der Waals surface area contributed by atoms with E-state index in [0.717, 1.165) is 50.7 Å². The number of benzene rings is 7. The van der Waals surface area contributed by atoms with Crippen LogP contribution in [0.5, 0.6) is 0 Å². The molecule has 0 aliphatic heterocycles. The van der Waals surface area contributed by atoms with Crippen LogP contribution >= 0.6 is 0 Å². The summed E-state index contributed by atoms with van der Waals surface area (Å²) in [6.45, 7) is 0.433. The van der Waals surface area contributed by atoms with Crippen molar-refractivity contribution in [2.45, 2.75) is 6.54 Å².